The summed E-state index contributed by atoms with van der Waals surface area (Å²) in [5.41, 5.74) is 0.536. The van der Waals surface area contributed by atoms with Crippen LogP contribution in [-0.4, -0.2) is 19.5 Å². The van der Waals surface area contributed by atoms with Crippen LogP contribution in [-0.2, 0) is 11.3 Å². The summed E-state index contributed by atoms with van der Waals surface area (Å²) in [6.45, 7) is 2.56. The molecule has 0 aliphatic rings. The first-order valence-corrected chi connectivity index (χ1v) is 5.41. The molecule has 3 nitrogen and oxygen atoms in total. The number of benzene rings is 1. The molecule has 1 atom stereocenters. The fraction of sp³-hybridized carbons (Fsp3) is 0.417. The Morgan fingerprint density at radius 1 is 1.33 bits per heavy atom. The molecule has 0 aliphatic carbocycles. The van der Waals surface area contributed by atoms with E-state index in [1.54, 1.807) is 14.0 Å². The number of amides is 1. The van der Waals surface area contributed by atoms with Crippen molar-refractivity contribution in [3.05, 3.63) is 35.4 Å². The fourth-order valence-corrected chi connectivity index (χ4v) is 1.41. The lowest BCUT2D eigenvalue weighted by atomic mass is 10.1. The monoisotopic (exact) mass is 278 g/mol. The Balaban J connectivity index is 0.00000289. The Labute approximate surface area is 111 Å². The first kappa shape index (κ1) is 16.8. The van der Waals surface area contributed by atoms with Gasteiger partial charge in [0.2, 0.25) is 5.91 Å². The topological polar surface area (TPSA) is 41.1 Å². The van der Waals surface area contributed by atoms with E-state index in [1.165, 1.54) is 6.07 Å². The first-order valence-electron chi connectivity index (χ1n) is 5.41. The molecule has 0 fully saturated rings. The molecule has 1 aromatic carbocycles. The maximum Gasteiger partial charge on any atom is 0.224 e. The zero-order chi connectivity index (χ0) is 12.8. The van der Waals surface area contributed by atoms with Gasteiger partial charge in [0.25, 0.3) is 0 Å². The van der Waals surface area contributed by atoms with Crippen LogP contribution in [0.2, 0.25) is 0 Å². The van der Waals surface area contributed by atoms with Crippen LogP contribution in [0.5, 0.6) is 0 Å². The van der Waals surface area contributed by atoms with E-state index < -0.39 is 11.6 Å². The molecule has 0 radical (unpaired) electrons. The highest BCUT2D eigenvalue weighted by Crippen LogP contribution is 2.08. The van der Waals surface area contributed by atoms with Crippen LogP contribution >= 0.6 is 12.4 Å². The van der Waals surface area contributed by atoms with Crippen LogP contribution in [0.1, 0.15) is 12.5 Å². The number of carbonyl (C=O) groups excluding carboxylic acids is 1. The molecule has 1 rings (SSSR count). The lowest BCUT2D eigenvalue weighted by Gasteiger charge is -2.11. The molecule has 0 saturated heterocycles. The van der Waals surface area contributed by atoms with E-state index in [-0.39, 0.29) is 30.8 Å². The molecule has 18 heavy (non-hydrogen) atoms. The van der Waals surface area contributed by atoms with E-state index in [9.17, 15) is 13.6 Å². The van der Waals surface area contributed by atoms with E-state index in [2.05, 4.69) is 10.6 Å². The molecule has 0 aromatic heterocycles. The lowest BCUT2D eigenvalue weighted by Crippen LogP contribution is -2.33. The quantitative estimate of drug-likeness (QED) is 0.863. The number of hydrogen-bond acceptors (Lipinski definition) is 2. The molecule has 1 unspecified atom stereocenters. The highest BCUT2D eigenvalue weighted by atomic mass is 35.5. The Hall–Kier alpha value is -1.20. The summed E-state index contributed by atoms with van der Waals surface area (Å²) in [5, 5.41) is 5.55. The van der Waals surface area contributed by atoms with E-state index in [4.69, 9.17) is 0 Å². The zero-order valence-electron chi connectivity index (χ0n) is 10.3. The SMILES string of the molecule is CNCC(C)C(=O)NCc1ccc(F)c(F)c1.Cl. The van der Waals surface area contributed by atoms with Crippen LogP contribution in [0, 0.1) is 17.6 Å². The predicted octanol–water partition coefficient (Wildman–Crippen LogP) is 1.86. The van der Waals surface area contributed by atoms with Crippen LogP contribution in [0.4, 0.5) is 8.78 Å². The minimum absolute atomic E-state index is 0. The molecule has 6 heteroatoms. The van der Waals surface area contributed by atoms with Crippen molar-refractivity contribution in [2.24, 2.45) is 5.92 Å². The average molecular weight is 279 g/mol. The molecule has 0 saturated carbocycles. The summed E-state index contributed by atoms with van der Waals surface area (Å²) in [6.07, 6.45) is 0. The van der Waals surface area contributed by atoms with Crippen LogP contribution < -0.4 is 10.6 Å². The zero-order valence-corrected chi connectivity index (χ0v) is 11.1. The Morgan fingerprint density at radius 2 is 2.00 bits per heavy atom. The maximum atomic E-state index is 12.9. The second-order valence-electron chi connectivity index (χ2n) is 3.92. The minimum Gasteiger partial charge on any atom is -0.352 e. The minimum atomic E-state index is -0.903. The van der Waals surface area contributed by atoms with Gasteiger partial charge in [-0.25, -0.2) is 8.78 Å². The van der Waals surface area contributed by atoms with E-state index in [1.807, 2.05) is 0 Å². The number of nitrogens with one attached hydrogen (secondary N) is 2. The van der Waals surface area contributed by atoms with E-state index >= 15 is 0 Å². The van der Waals surface area contributed by atoms with Crippen molar-refractivity contribution in [1.82, 2.24) is 10.6 Å². The van der Waals surface area contributed by atoms with Crippen molar-refractivity contribution in [1.29, 1.82) is 0 Å². The van der Waals surface area contributed by atoms with Gasteiger partial charge in [-0.15, -0.1) is 12.4 Å². The average Bonchev–Trinajstić information content (AvgIpc) is 2.30. The van der Waals surface area contributed by atoms with Crippen molar-refractivity contribution in [3.63, 3.8) is 0 Å². The van der Waals surface area contributed by atoms with Crippen molar-refractivity contribution in [2.75, 3.05) is 13.6 Å². The lowest BCUT2D eigenvalue weighted by molar-refractivity contribution is -0.124. The fourth-order valence-electron chi connectivity index (χ4n) is 1.41. The van der Waals surface area contributed by atoms with Crippen LogP contribution in [0.3, 0.4) is 0 Å². The number of carbonyl (C=O) groups is 1. The predicted molar refractivity (Wildman–Crippen MR) is 68.5 cm³/mol. The molecule has 1 amide bonds. The van der Waals surface area contributed by atoms with Crippen LogP contribution in [0.25, 0.3) is 0 Å². The Kier molecular flexibility index (Phi) is 7.47. The standard InChI is InChI=1S/C12H16F2N2O.ClH/c1-8(6-15-2)12(17)16-7-9-3-4-10(13)11(14)5-9;/h3-5,8,15H,6-7H2,1-2H3,(H,16,17);1H. The van der Waals surface area contributed by atoms with Gasteiger partial charge < -0.3 is 10.6 Å². The van der Waals surface area contributed by atoms with Crippen molar-refractivity contribution < 1.29 is 13.6 Å². The molecule has 0 spiro atoms. The van der Waals surface area contributed by atoms with Gasteiger partial charge in [-0.1, -0.05) is 13.0 Å². The third-order valence-corrected chi connectivity index (χ3v) is 2.41. The summed E-state index contributed by atoms with van der Waals surface area (Å²) >= 11 is 0. The smallest absolute Gasteiger partial charge is 0.224 e. The molecule has 0 aliphatic heterocycles. The summed E-state index contributed by atoms with van der Waals surface area (Å²) in [6, 6.07) is 3.58. The number of halogens is 3. The molecule has 1 aromatic rings. The number of hydrogen-bond donors (Lipinski definition) is 2. The van der Waals surface area contributed by atoms with Crippen LogP contribution in [0.15, 0.2) is 18.2 Å². The second kappa shape index (κ2) is 8.00. The Morgan fingerprint density at radius 3 is 2.56 bits per heavy atom. The van der Waals surface area contributed by atoms with Crippen molar-refractivity contribution in [2.45, 2.75) is 13.5 Å². The molecule has 0 bridgehead atoms. The maximum absolute atomic E-state index is 12.9. The molecular formula is C12H17ClF2N2O. The van der Waals surface area contributed by atoms with Crippen molar-refractivity contribution in [3.8, 4) is 0 Å². The van der Waals surface area contributed by atoms with Gasteiger partial charge in [-0.3, -0.25) is 4.79 Å². The van der Waals surface area contributed by atoms with E-state index in [0.717, 1.165) is 12.1 Å². The summed E-state index contributed by atoms with van der Waals surface area (Å²) in [4.78, 5) is 11.5. The highest BCUT2D eigenvalue weighted by Gasteiger charge is 2.11. The largest absolute Gasteiger partial charge is 0.352 e. The second-order valence-corrected chi connectivity index (χ2v) is 3.92. The molecule has 0 heterocycles. The third-order valence-electron chi connectivity index (χ3n) is 2.41. The third kappa shape index (κ3) is 4.98. The van der Waals surface area contributed by atoms with Crippen molar-refractivity contribution >= 4 is 18.3 Å². The summed E-state index contributed by atoms with van der Waals surface area (Å²) in [5.74, 6) is -2.07. The first-order chi connectivity index (χ1) is 8.04. The van der Waals surface area contributed by atoms with Gasteiger partial charge in [0.05, 0.1) is 0 Å². The van der Waals surface area contributed by atoms with Gasteiger partial charge in [-0.2, -0.15) is 0 Å². The molecule has 2 N–H and O–H groups in total. The number of rotatable bonds is 5. The van der Waals surface area contributed by atoms with Gasteiger partial charge in [0, 0.05) is 19.0 Å². The molecular weight excluding hydrogens is 262 g/mol. The molecule has 102 valence electrons. The van der Waals surface area contributed by atoms with Gasteiger partial charge in [0.1, 0.15) is 0 Å². The summed E-state index contributed by atoms with van der Waals surface area (Å²) in [7, 11) is 1.76. The van der Waals surface area contributed by atoms with Gasteiger partial charge in [0.15, 0.2) is 11.6 Å². The Bertz CT molecular complexity index is 402. The summed E-state index contributed by atoms with van der Waals surface area (Å²) < 4.78 is 25.5. The normalized spacial score (nSPS) is 11.6. The highest BCUT2D eigenvalue weighted by molar-refractivity contribution is 5.85. The van der Waals surface area contributed by atoms with E-state index in [0.29, 0.717) is 12.1 Å². The van der Waals surface area contributed by atoms with Gasteiger partial charge >= 0.3 is 0 Å². The van der Waals surface area contributed by atoms with Gasteiger partial charge in [-0.05, 0) is 24.7 Å².